The molecular weight excluding hydrogens is 200 g/mol. The van der Waals surface area contributed by atoms with Crippen molar-refractivity contribution in [3.63, 3.8) is 0 Å². The second-order valence-electron chi connectivity index (χ2n) is 4.57. The van der Waals surface area contributed by atoms with E-state index in [0.717, 1.165) is 17.9 Å². The summed E-state index contributed by atoms with van der Waals surface area (Å²) >= 11 is 0. The Bertz CT molecular complexity index is 323. The third kappa shape index (κ3) is 3.83. The normalized spacial score (nSPS) is 13.2. The minimum absolute atomic E-state index is 0.00931. The Morgan fingerprint density at radius 1 is 1.25 bits per heavy atom. The van der Waals surface area contributed by atoms with Gasteiger partial charge in [-0.05, 0) is 34.0 Å². The first-order valence-electron chi connectivity index (χ1n) is 5.66. The second kappa shape index (κ2) is 5.87. The molecule has 1 atom stereocenters. The fraction of sp³-hybridized carbons (Fsp3) is 0.538. The number of para-hydroxylation sites is 1. The molecule has 0 radical (unpaired) electrons. The van der Waals surface area contributed by atoms with Gasteiger partial charge in [0.1, 0.15) is 5.75 Å². The van der Waals surface area contributed by atoms with Crippen LogP contribution in [0.15, 0.2) is 24.3 Å². The highest BCUT2D eigenvalue weighted by Gasteiger charge is 2.13. The lowest BCUT2D eigenvalue weighted by atomic mass is 10.1. The van der Waals surface area contributed by atoms with Crippen LogP contribution in [0.5, 0.6) is 5.75 Å². The zero-order chi connectivity index (χ0) is 12.1. The SMILES string of the molecule is CC(C)Oc1ccccc1C(N)CN(C)C. The fourth-order valence-corrected chi connectivity index (χ4v) is 1.64. The Morgan fingerprint density at radius 2 is 1.88 bits per heavy atom. The van der Waals surface area contributed by atoms with E-state index in [1.165, 1.54) is 0 Å². The molecule has 1 aromatic rings. The van der Waals surface area contributed by atoms with Crippen LogP contribution in [0.25, 0.3) is 0 Å². The van der Waals surface area contributed by atoms with Gasteiger partial charge >= 0.3 is 0 Å². The van der Waals surface area contributed by atoms with E-state index in [1.807, 2.05) is 52.2 Å². The summed E-state index contributed by atoms with van der Waals surface area (Å²) in [5, 5.41) is 0. The maximum Gasteiger partial charge on any atom is 0.124 e. The molecule has 3 heteroatoms. The number of hydrogen-bond donors (Lipinski definition) is 1. The van der Waals surface area contributed by atoms with Gasteiger partial charge < -0.3 is 15.4 Å². The third-order valence-electron chi connectivity index (χ3n) is 2.24. The molecule has 1 rings (SSSR count). The molecule has 0 aromatic heterocycles. The van der Waals surface area contributed by atoms with Gasteiger partial charge in [-0.1, -0.05) is 18.2 Å². The first kappa shape index (κ1) is 13.0. The Labute approximate surface area is 98.2 Å². The molecule has 1 aromatic carbocycles. The first-order chi connectivity index (χ1) is 7.50. The Morgan fingerprint density at radius 3 is 2.44 bits per heavy atom. The molecule has 1 unspecified atom stereocenters. The smallest absolute Gasteiger partial charge is 0.124 e. The monoisotopic (exact) mass is 222 g/mol. The number of ether oxygens (including phenoxy) is 1. The van der Waals surface area contributed by atoms with Crippen LogP contribution in [-0.2, 0) is 0 Å². The van der Waals surface area contributed by atoms with Crippen LogP contribution in [0.2, 0.25) is 0 Å². The van der Waals surface area contributed by atoms with Crippen molar-refractivity contribution < 1.29 is 4.74 Å². The predicted octanol–water partition coefficient (Wildman–Crippen LogP) is 2.04. The molecule has 2 N–H and O–H groups in total. The van der Waals surface area contributed by atoms with Crippen LogP contribution in [0.4, 0.5) is 0 Å². The van der Waals surface area contributed by atoms with Gasteiger partial charge in [0.15, 0.2) is 0 Å². The van der Waals surface area contributed by atoms with E-state index < -0.39 is 0 Å². The molecular formula is C13H22N2O. The summed E-state index contributed by atoms with van der Waals surface area (Å²) in [5.74, 6) is 0.895. The zero-order valence-electron chi connectivity index (χ0n) is 10.6. The van der Waals surface area contributed by atoms with E-state index in [-0.39, 0.29) is 12.1 Å². The standard InChI is InChI=1S/C13H22N2O/c1-10(2)16-13-8-6-5-7-11(13)12(14)9-15(3)4/h5-8,10,12H,9,14H2,1-4H3. The van der Waals surface area contributed by atoms with E-state index in [0.29, 0.717) is 0 Å². The molecule has 0 fully saturated rings. The van der Waals surface area contributed by atoms with E-state index in [9.17, 15) is 0 Å². The number of rotatable bonds is 5. The second-order valence-corrected chi connectivity index (χ2v) is 4.57. The van der Waals surface area contributed by atoms with Crippen molar-refractivity contribution >= 4 is 0 Å². The minimum atomic E-state index is -0.00931. The van der Waals surface area contributed by atoms with Crippen molar-refractivity contribution in [2.24, 2.45) is 5.73 Å². The molecule has 0 spiro atoms. The van der Waals surface area contributed by atoms with Crippen molar-refractivity contribution in [3.05, 3.63) is 29.8 Å². The molecule has 16 heavy (non-hydrogen) atoms. The van der Waals surface area contributed by atoms with E-state index in [4.69, 9.17) is 10.5 Å². The largest absolute Gasteiger partial charge is 0.491 e. The van der Waals surface area contributed by atoms with Crippen molar-refractivity contribution in [3.8, 4) is 5.75 Å². The molecule has 0 amide bonds. The van der Waals surface area contributed by atoms with E-state index in [1.54, 1.807) is 0 Å². The van der Waals surface area contributed by atoms with Crippen molar-refractivity contribution in [2.45, 2.75) is 26.0 Å². The molecule has 0 aliphatic carbocycles. The number of nitrogens with two attached hydrogens (primary N) is 1. The quantitative estimate of drug-likeness (QED) is 0.828. The summed E-state index contributed by atoms with van der Waals surface area (Å²) in [6.07, 6.45) is 0.174. The summed E-state index contributed by atoms with van der Waals surface area (Å²) < 4.78 is 5.75. The Kier molecular flexibility index (Phi) is 4.77. The lowest BCUT2D eigenvalue weighted by Gasteiger charge is -2.21. The van der Waals surface area contributed by atoms with Gasteiger partial charge in [-0.25, -0.2) is 0 Å². The summed E-state index contributed by atoms with van der Waals surface area (Å²) in [6, 6.07) is 7.98. The van der Waals surface area contributed by atoms with Crippen LogP contribution in [0.1, 0.15) is 25.5 Å². The fourth-order valence-electron chi connectivity index (χ4n) is 1.64. The molecule has 90 valence electrons. The van der Waals surface area contributed by atoms with Gasteiger partial charge in [-0.2, -0.15) is 0 Å². The van der Waals surface area contributed by atoms with Crippen LogP contribution < -0.4 is 10.5 Å². The molecule has 0 aliphatic heterocycles. The topological polar surface area (TPSA) is 38.5 Å². The average molecular weight is 222 g/mol. The molecule has 3 nitrogen and oxygen atoms in total. The van der Waals surface area contributed by atoms with Crippen LogP contribution >= 0.6 is 0 Å². The Hall–Kier alpha value is -1.06. The summed E-state index contributed by atoms with van der Waals surface area (Å²) in [7, 11) is 4.04. The zero-order valence-corrected chi connectivity index (χ0v) is 10.6. The predicted molar refractivity (Wildman–Crippen MR) is 67.7 cm³/mol. The highest BCUT2D eigenvalue weighted by atomic mass is 16.5. The third-order valence-corrected chi connectivity index (χ3v) is 2.24. The highest BCUT2D eigenvalue weighted by Crippen LogP contribution is 2.24. The maximum atomic E-state index is 6.15. The van der Waals surface area contributed by atoms with Crippen LogP contribution in [-0.4, -0.2) is 31.6 Å². The van der Waals surface area contributed by atoms with Gasteiger partial charge in [0.05, 0.1) is 6.10 Å². The summed E-state index contributed by atoms with van der Waals surface area (Å²) in [6.45, 7) is 4.86. The van der Waals surface area contributed by atoms with Gasteiger partial charge in [0.2, 0.25) is 0 Å². The maximum absolute atomic E-state index is 6.15. The number of likely N-dealkylation sites (N-methyl/N-ethyl adjacent to an activating group) is 1. The van der Waals surface area contributed by atoms with Crippen molar-refractivity contribution in [1.29, 1.82) is 0 Å². The van der Waals surface area contributed by atoms with Crippen LogP contribution in [0, 0.1) is 0 Å². The molecule has 0 bridgehead atoms. The van der Waals surface area contributed by atoms with Crippen molar-refractivity contribution in [2.75, 3.05) is 20.6 Å². The summed E-state index contributed by atoms with van der Waals surface area (Å²) in [5.41, 5.74) is 7.22. The average Bonchev–Trinajstić information content (AvgIpc) is 2.16. The van der Waals surface area contributed by atoms with E-state index >= 15 is 0 Å². The van der Waals surface area contributed by atoms with E-state index in [2.05, 4.69) is 4.90 Å². The van der Waals surface area contributed by atoms with Gasteiger partial charge in [-0.15, -0.1) is 0 Å². The van der Waals surface area contributed by atoms with Crippen LogP contribution in [0.3, 0.4) is 0 Å². The minimum Gasteiger partial charge on any atom is -0.491 e. The molecule has 0 saturated heterocycles. The number of benzene rings is 1. The Balaban J connectivity index is 2.85. The molecule has 0 aliphatic rings. The highest BCUT2D eigenvalue weighted by molar-refractivity contribution is 5.36. The lowest BCUT2D eigenvalue weighted by molar-refractivity contribution is 0.237. The first-order valence-corrected chi connectivity index (χ1v) is 5.66. The number of nitrogens with zero attached hydrogens (tertiary/aromatic N) is 1. The van der Waals surface area contributed by atoms with Crippen molar-refractivity contribution in [1.82, 2.24) is 4.90 Å². The van der Waals surface area contributed by atoms with Gasteiger partial charge in [-0.3, -0.25) is 0 Å². The molecule has 0 saturated carbocycles. The summed E-state index contributed by atoms with van der Waals surface area (Å²) in [4.78, 5) is 2.08. The molecule has 0 heterocycles. The van der Waals surface area contributed by atoms with Gasteiger partial charge in [0, 0.05) is 18.2 Å². The van der Waals surface area contributed by atoms with Gasteiger partial charge in [0.25, 0.3) is 0 Å². The number of hydrogen-bond acceptors (Lipinski definition) is 3. The lowest BCUT2D eigenvalue weighted by Crippen LogP contribution is -2.26.